The van der Waals surface area contributed by atoms with Gasteiger partial charge in [-0.1, -0.05) is 0 Å². The quantitative estimate of drug-likeness (QED) is 0.766. The van der Waals surface area contributed by atoms with E-state index in [2.05, 4.69) is 15.3 Å². The fourth-order valence-electron chi connectivity index (χ4n) is 3.36. The number of hydrogen-bond acceptors (Lipinski definition) is 6. The van der Waals surface area contributed by atoms with Crippen molar-refractivity contribution in [3.05, 3.63) is 65.4 Å². The lowest BCUT2D eigenvalue weighted by atomic mass is 9.84. The van der Waals surface area contributed by atoms with Crippen molar-refractivity contribution in [3.63, 3.8) is 0 Å². The molecule has 0 bridgehead atoms. The first-order valence-corrected chi connectivity index (χ1v) is 8.49. The van der Waals surface area contributed by atoms with Crippen LogP contribution < -0.4 is 10.1 Å². The summed E-state index contributed by atoms with van der Waals surface area (Å²) in [5, 5.41) is 3.20. The summed E-state index contributed by atoms with van der Waals surface area (Å²) in [7, 11) is 1.63. The number of furan rings is 1. The maximum atomic E-state index is 12.6. The molecule has 1 aliphatic rings. The van der Waals surface area contributed by atoms with Crippen LogP contribution in [0.3, 0.4) is 0 Å². The van der Waals surface area contributed by atoms with Crippen molar-refractivity contribution in [3.8, 4) is 5.75 Å². The van der Waals surface area contributed by atoms with Gasteiger partial charge in [-0.25, -0.2) is 9.97 Å². The van der Waals surface area contributed by atoms with Crippen molar-refractivity contribution in [2.24, 2.45) is 0 Å². The molecule has 6 nitrogen and oxygen atoms in total. The highest BCUT2D eigenvalue weighted by Crippen LogP contribution is 2.33. The van der Waals surface area contributed by atoms with Crippen LogP contribution in [-0.4, -0.2) is 22.9 Å². The number of benzene rings is 1. The molecule has 26 heavy (non-hydrogen) atoms. The molecule has 1 aliphatic carbocycles. The zero-order chi connectivity index (χ0) is 18.1. The highest BCUT2D eigenvalue weighted by atomic mass is 16.5. The molecule has 1 aromatic carbocycles. The van der Waals surface area contributed by atoms with Crippen LogP contribution in [0, 0.1) is 6.92 Å². The second kappa shape index (κ2) is 6.63. The molecular formula is C20H19N3O3. The van der Waals surface area contributed by atoms with E-state index in [1.807, 2.05) is 43.3 Å². The second-order valence-corrected chi connectivity index (χ2v) is 6.35. The molecule has 0 saturated carbocycles. The summed E-state index contributed by atoms with van der Waals surface area (Å²) < 4.78 is 10.7. The normalized spacial score (nSPS) is 16.2. The summed E-state index contributed by atoms with van der Waals surface area (Å²) in [6.07, 6.45) is 2.72. The number of nitrogens with one attached hydrogen (secondary N) is 1. The van der Waals surface area contributed by atoms with Gasteiger partial charge in [-0.2, -0.15) is 0 Å². The highest BCUT2D eigenvalue weighted by molar-refractivity contribution is 5.99. The molecule has 3 aromatic rings. The Balaban J connectivity index is 1.63. The van der Waals surface area contributed by atoms with Crippen molar-refractivity contribution in [2.75, 3.05) is 12.4 Å². The van der Waals surface area contributed by atoms with E-state index in [4.69, 9.17) is 9.15 Å². The van der Waals surface area contributed by atoms with E-state index in [-0.39, 0.29) is 11.7 Å². The van der Waals surface area contributed by atoms with Crippen LogP contribution >= 0.6 is 0 Å². The second-order valence-electron chi connectivity index (χ2n) is 6.35. The highest BCUT2D eigenvalue weighted by Gasteiger charge is 2.31. The van der Waals surface area contributed by atoms with Gasteiger partial charge in [0.15, 0.2) is 5.78 Å². The van der Waals surface area contributed by atoms with Crippen molar-refractivity contribution in [1.82, 2.24) is 9.97 Å². The smallest absolute Gasteiger partial charge is 0.227 e. The standard InChI is InChI=1S/C20H19N3O3/c1-12-19-16(10-13(11-17(19)24)18-4-3-9-26-18)23-20(21-12)22-14-5-7-15(25-2)8-6-14/h3-9,13H,10-11H2,1-2H3,(H,21,22,23). The first kappa shape index (κ1) is 16.3. The van der Waals surface area contributed by atoms with E-state index in [0.717, 1.165) is 22.9 Å². The van der Waals surface area contributed by atoms with Crippen molar-refractivity contribution < 1.29 is 13.9 Å². The minimum absolute atomic E-state index is 0.0214. The average Bonchev–Trinajstić information content (AvgIpc) is 3.16. The zero-order valence-corrected chi connectivity index (χ0v) is 14.7. The van der Waals surface area contributed by atoms with Crippen LogP contribution in [0.5, 0.6) is 5.75 Å². The first-order chi connectivity index (χ1) is 12.6. The molecule has 2 aromatic heterocycles. The fourth-order valence-corrected chi connectivity index (χ4v) is 3.36. The minimum Gasteiger partial charge on any atom is -0.497 e. The molecule has 1 atom stereocenters. The fraction of sp³-hybridized carbons (Fsp3) is 0.250. The molecule has 0 amide bonds. The van der Waals surface area contributed by atoms with Gasteiger partial charge in [0.2, 0.25) is 5.95 Å². The maximum absolute atomic E-state index is 12.6. The van der Waals surface area contributed by atoms with Gasteiger partial charge in [-0.05, 0) is 43.3 Å². The summed E-state index contributed by atoms with van der Waals surface area (Å²) in [6, 6.07) is 11.3. The third-order valence-corrected chi connectivity index (χ3v) is 4.61. The summed E-state index contributed by atoms with van der Waals surface area (Å²) in [5.41, 5.74) is 2.98. The molecule has 0 aliphatic heterocycles. The van der Waals surface area contributed by atoms with Gasteiger partial charge in [0.1, 0.15) is 11.5 Å². The Morgan fingerprint density at radius 1 is 1.15 bits per heavy atom. The summed E-state index contributed by atoms with van der Waals surface area (Å²) in [6.45, 7) is 1.85. The van der Waals surface area contributed by atoms with E-state index >= 15 is 0 Å². The maximum Gasteiger partial charge on any atom is 0.227 e. The van der Waals surface area contributed by atoms with Crippen molar-refractivity contribution in [1.29, 1.82) is 0 Å². The number of aromatic nitrogens is 2. The molecule has 1 N–H and O–H groups in total. The molecule has 1 unspecified atom stereocenters. The van der Waals surface area contributed by atoms with Gasteiger partial charge in [0.25, 0.3) is 0 Å². The van der Waals surface area contributed by atoms with Crippen LogP contribution in [0.4, 0.5) is 11.6 Å². The van der Waals surface area contributed by atoms with Gasteiger partial charge >= 0.3 is 0 Å². The Morgan fingerprint density at radius 2 is 1.96 bits per heavy atom. The Morgan fingerprint density at radius 3 is 2.65 bits per heavy atom. The largest absolute Gasteiger partial charge is 0.497 e. The van der Waals surface area contributed by atoms with Crippen LogP contribution in [-0.2, 0) is 6.42 Å². The lowest BCUT2D eigenvalue weighted by Crippen LogP contribution is -2.22. The number of aryl methyl sites for hydroxylation is 1. The number of methoxy groups -OCH3 is 1. The first-order valence-electron chi connectivity index (χ1n) is 8.49. The molecule has 0 fully saturated rings. The van der Waals surface area contributed by atoms with Gasteiger partial charge < -0.3 is 14.5 Å². The van der Waals surface area contributed by atoms with Gasteiger partial charge in [0.05, 0.1) is 30.3 Å². The molecule has 6 heteroatoms. The number of fused-ring (bicyclic) bond motifs is 1. The topological polar surface area (TPSA) is 77.2 Å². The van der Waals surface area contributed by atoms with Crippen LogP contribution in [0.1, 0.15) is 39.8 Å². The number of nitrogens with zero attached hydrogens (tertiary/aromatic N) is 2. The summed E-state index contributed by atoms with van der Waals surface area (Å²) >= 11 is 0. The monoisotopic (exact) mass is 349 g/mol. The van der Waals surface area contributed by atoms with E-state index in [1.165, 1.54) is 0 Å². The molecular weight excluding hydrogens is 330 g/mol. The predicted molar refractivity (Wildman–Crippen MR) is 97.1 cm³/mol. The van der Waals surface area contributed by atoms with E-state index in [0.29, 0.717) is 30.0 Å². The number of carbonyl (C=O) groups is 1. The molecule has 132 valence electrons. The van der Waals surface area contributed by atoms with Gasteiger partial charge in [0, 0.05) is 24.4 Å². The molecule has 0 radical (unpaired) electrons. The van der Waals surface area contributed by atoms with Crippen LogP contribution in [0.2, 0.25) is 0 Å². The molecule has 4 rings (SSSR count). The third-order valence-electron chi connectivity index (χ3n) is 4.61. The van der Waals surface area contributed by atoms with Gasteiger partial charge in [-0.15, -0.1) is 0 Å². The number of Topliss-reactive ketones (excluding diaryl/α,β-unsaturated/α-hetero) is 1. The zero-order valence-electron chi connectivity index (χ0n) is 14.7. The number of hydrogen-bond donors (Lipinski definition) is 1. The molecule has 2 heterocycles. The van der Waals surface area contributed by atoms with E-state index < -0.39 is 0 Å². The number of ether oxygens (including phenoxy) is 1. The Bertz CT molecular complexity index is 934. The Hall–Kier alpha value is -3.15. The SMILES string of the molecule is COc1ccc(Nc2nc(C)c3c(n2)CC(c2ccco2)CC3=O)cc1. The van der Waals surface area contributed by atoms with Gasteiger partial charge in [-0.3, -0.25) is 4.79 Å². The number of ketones is 1. The number of anilines is 2. The van der Waals surface area contributed by atoms with E-state index in [1.54, 1.807) is 13.4 Å². The summed E-state index contributed by atoms with van der Waals surface area (Å²) in [5.74, 6) is 2.18. The number of rotatable bonds is 4. The van der Waals surface area contributed by atoms with Crippen molar-refractivity contribution >= 4 is 17.4 Å². The minimum atomic E-state index is 0.0214. The van der Waals surface area contributed by atoms with Crippen LogP contribution in [0.15, 0.2) is 47.1 Å². The average molecular weight is 349 g/mol. The lowest BCUT2D eigenvalue weighted by molar-refractivity contribution is 0.0958. The Labute approximate surface area is 151 Å². The molecule has 0 saturated heterocycles. The van der Waals surface area contributed by atoms with Crippen LogP contribution in [0.25, 0.3) is 0 Å². The summed E-state index contributed by atoms with van der Waals surface area (Å²) in [4.78, 5) is 21.7. The number of carbonyl (C=O) groups excluding carboxylic acids is 1. The molecule has 0 spiro atoms. The third kappa shape index (κ3) is 3.06. The van der Waals surface area contributed by atoms with E-state index in [9.17, 15) is 4.79 Å². The Kier molecular flexibility index (Phi) is 4.16. The predicted octanol–water partition coefficient (Wildman–Crippen LogP) is 4.04. The lowest BCUT2D eigenvalue weighted by Gasteiger charge is -2.23. The van der Waals surface area contributed by atoms with Crippen molar-refractivity contribution in [2.45, 2.75) is 25.7 Å².